The van der Waals surface area contributed by atoms with Gasteiger partial charge in [-0.3, -0.25) is 14.6 Å². The van der Waals surface area contributed by atoms with Gasteiger partial charge in [-0.2, -0.15) is 0 Å². The zero-order valence-electron chi connectivity index (χ0n) is 9.85. The number of carbonyl (C=O) groups is 2. The molecule has 0 aliphatic carbocycles. The van der Waals surface area contributed by atoms with E-state index in [0.717, 1.165) is 12.8 Å². The van der Waals surface area contributed by atoms with Gasteiger partial charge in [0.1, 0.15) is 11.8 Å². The maximum Gasteiger partial charge on any atom is 0.253 e. The van der Waals surface area contributed by atoms with Crippen molar-refractivity contribution in [3.63, 3.8) is 0 Å². The standard InChI is InChI=1S/C12H15N3O3/c16-9-5-8(6-13-7-9)11(17)15-10-3-1-2-4-14-12(10)18/h5-7,10,16H,1-4H2,(H,14,18)(H,15,17). The van der Waals surface area contributed by atoms with E-state index < -0.39 is 11.9 Å². The molecule has 96 valence electrons. The predicted molar refractivity (Wildman–Crippen MR) is 64.0 cm³/mol. The lowest BCUT2D eigenvalue weighted by Gasteiger charge is -2.14. The van der Waals surface area contributed by atoms with E-state index in [2.05, 4.69) is 15.6 Å². The highest BCUT2D eigenvalue weighted by molar-refractivity contribution is 5.97. The summed E-state index contributed by atoms with van der Waals surface area (Å²) in [4.78, 5) is 27.3. The third-order valence-corrected chi connectivity index (χ3v) is 2.83. The number of hydrogen-bond donors (Lipinski definition) is 3. The molecule has 1 aromatic heterocycles. The first-order valence-corrected chi connectivity index (χ1v) is 5.89. The number of rotatable bonds is 2. The average molecular weight is 249 g/mol. The lowest BCUT2D eigenvalue weighted by Crippen LogP contribution is -2.45. The maximum atomic E-state index is 11.9. The first kappa shape index (κ1) is 12.3. The monoisotopic (exact) mass is 249 g/mol. The predicted octanol–water partition coefficient (Wildman–Crippen LogP) is 0.186. The van der Waals surface area contributed by atoms with Crippen molar-refractivity contribution in [1.82, 2.24) is 15.6 Å². The van der Waals surface area contributed by atoms with Gasteiger partial charge in [-0.05, 0) is 25.3 Å². The van der Waals surface area contributed by atoms with Crippen molar-refractivity contribution in [2.45, 2.75) is 25.3 Å². The van der Waals surface area contributed by atoms with Gasteiger partial charge in [0, 0.05) is 12.7 Å². The third kappa shape index (κ3) is 2.97. The van der Waals surface area contributed by atoms with Crippen LogP contribution in [0.1, 0.15) is 29.6 Å². The molecule has 1 unspecified atom stereocenters. The topological polar surface area (TPSA) is 91.3 Å². The minimum Gasteiger partial charge on any atom is -0.506 e. The summed E-state index contributed by atoms with van der Waals surface area (Å²) in [5.74, 6) is -0.637. The normalized spacial score (nSPS) is 19.8. The van der Waals surface area contributed by atoms with Crippen LogP contribution in [0.2, 0.25) is 0 Å². The van der Waals surface area contributed by atoms with Crippen molar-refractivity contribution in [3.05, 3.63) is 24.0 Å². The quantitative estimate of drug-likeness (QED) is 0.697. The minimum atomic E-state index is -0.512. The van der Waals surface area contributed by atoms with Gasteiger partial charge in [-0.15, -0.1) is 0 Å². The molecule has 1 aromatic rings. The summed E-state index contributed by atoms with van der Waals surface area (Å²) in [6.45, 7) is 0.652. The molecule has 6 nitrogen and oxygen atoms in total. The highest BCUT2D eigenvalue weighted by Gasteiger charge is 2.22. The molecule has 1 aliphatic rings. The maximum absolute atomic E-state index is 11.9. The van der Waals surface area contributed by atoms with Crippen molar-refractivity contribution < 1.29 is 14.7 Å². The van der Waals surface area contributed by atoms with Crippen molar-refractivity contribution in [2.24, 2.45) is 0 Å². The molecule has 3 N–H and O–H groups in total. The Bertz CT molecular complexity index is 462. The van der Waals surface area contributed by atoms with E-state index in [1.807, 2.05) is 0 Å². The molecule has 1 saturated heterocycles. The Balaban J connectivity index is 2.04. The number of carbonyl (C=O) groups excluding carboxylic acids is 2. The molecule has 0 radical (unpaired) electrons. The minimum absolute atomic E-state index is 0.0760. The largest absolute Gasteiger partial charge is 0.506 e. The molecule has 2 rings (SSSR count). The second-order valence-corrected chi connectivity index (χ2v) is 4.24. The van der Waals surface area contributed by atoms with Crippen LogP contribution >= 0.6 is 0 Å². The third-order valence-electron chi connectivity index (χ3n) is 2.83. The summed E-state index contributed by atoms with van der Waals surface area (Å²) in [7, 11) is 0. The Morgan fingerprint density at radius 2 is 2.28 bits per heavy atom. The number of hydrogen-bond acceptors (Lipinski definition) is 4. The van der Waals surface area contributed by atoms with Gasteiger partial charge in [0.2, 0.25) is 5.91 Å². The Kier molecular flexibility index (Phi) is 3.76. The van der Waals surface area contributed by atoms with E-state index in [1.54, 1.807) is 0 Å². The fraction of sp³-hybridized carbons (Fsp3) is 0.417. The van der Waals surface area contributed by atoms with Gasteiger partial charge in [0.15, 0.2) is 0 Å². The van der Waals surface area contributed by atoms with Crippen molar-refractivity contribution >= 4 is 11.8 Å². The summed E-state index contributed by atoms with van der Waals surface area (Å²) in [5.41, 5.74) is 0.243. The molecule has 1 atom stereocenters. The summed E-state index contributed by atoms with van der Waals surface area (Å²) in [6.07, 6.45) is 5.04. The van der Waals surface area contributed by atoms with Gasteiger partial charge in [0.05, 0.1) is 11.8 Å². The van der Waals surface area contributed by atoms with Crippen molar-refractivity contribution in [3.8, 4) is 5.75 Å². The van der Waals surface area contributed by atoms with E-state index in [9.17, 15) is 14.7 Å². The summed E-state index contributed by atoms with van der Waals surface area (Å²) in [5, 5.41) is 14.6. The molecular weight excluding hydrogens is 234 g/mol. The highest BCUT2D eigenvalue weighted by atomic mass is 16.3. The number of aromatic nitrogens is 1. The van der Waals surface area contributed by atoms with Crippen LogP contribution in [0.4, 0.5) is 0 Å². The van der Waals surface area contributed by atoms with E-state index in [0.29, 0.717) is 13.0 Å². The fourth-order valence-corrected chi connectivity index (χ4v) is 1.87. The molecule has 0 saturated carbocycles. The molecule has 1 aliphatic heterocycles. The van der Waals surface area contributed by atoms with Gasteiger partial charge < -0.3 is 15.7 Å². The van der Waals surface area contributed by atoms with Crippen LogP contribution in [0.15, 0.2) is 18.5 Å². The molecule has 0 spiro atoms. The number of pyridine rings is 1. The van der Waals surface area contributed by atoms with Crippen molar-refractivity contribution in [2.75, 3.05) is 6.54 Å². The SMILES string of the molecule is O=C(NC1CCCCNC1=O)c1cncc(O)c1. The molecule has 18 heavy (non-hydrogen) atoms. The van der Waals surface area contributed by atoms with Gasteiger partial charge in [0.25, 0.3) is 5.91 Å². The Morgan fingerprint density at radius 1 is 1.44 bits per heavy atom. The van der Waals surface area contributed by atoms with Crippen molar-refractivity contribution in [1.29, 1.82) is 0 Å². The molecule has 0 bridgehead atoms. The number of aromatic hydroxyl groups is 1. The van der Waals surface area contributed by atoms with Crippen LogP contribution in [0.5, 0.6) is 5.75 Å². The zero-order valence-corrected chi connectivity index (χ0v) is 9.85. The summed E-state index contributed by atoms with van der Waals surface area (Å²) in [6, 6.07) is 0.805. The lowest BCUT2D eigenvalue weighted by atomic mass is 10.1. The van der Waals surface area contributed by atoms with E-state index in [1.165, 1.54) is 18.5 Å². The van der Waals surface area contributed by atoms with E-state index in [-0.39, 0.29) is 17.2 Å². The Labute approximate surface area is 104 Å². The Morgan fingerprint density at radius 3 is 3.06 bits per heavy atom. The van der Waals surface area contributed by atoms with Crippen LogP contribution in [-0.4, -0.2) is 34.5 Å². The van der Waals surface area contributed by atoms with E-state index >= 15 is 0 Å². The molecular formula is C12H15N3O3. The zero-order chi connectivity index (χ0) is 13.0. The summed E-state index contributed by atoms with van der Waals surface area (Å²) < 4.78 is 0. The van der Waals surface area contributed by atoms with Gasteiger partial charge in [-0.1, -0.05) is 0 Å². The molecule has 2 heterocycles. The summed E-state index contributed by atoms with van der Waals surface area (Å²) >= 11 is 0. The Hall–Kier alpha value is -2.11. The smallest absolute Gasteiger partial charge is 0.253 e. The van der Waals surface area contributed by atoms with E-state index in [4.69, 9.17) is 0 Å². The first-order valence-electron chi connectivity index (χ1n) is 5.89. The van der Waals surface area contributed by atoms with Crippen LogP contribution in [0.3, 0.4) is 0 Å². The second kappa shape index (κ2) is 5.48. The second-order valence-electron chi connectivity index (χ2n) is 4.24. The molecule has 0 aromatic carbocycles. The molecule has 2 amide bonds. The number of nitrogens with zero attached hydrogens (tertiary/aromatic N) is 1. The average Bonchev–Trinajstić information content (AvgIpc) is 2.55. The van der Waals surface area contributed by atoms with Gasteiger partial charge >= 0.3 is 0 Å². The van der Waals surface area contributed by atoms with Crippen LogP contribution in [0.25, 0.3) is 0 Å². The number of amides is 2. The van der Waals surface area contributed by atoms with Crippen LogP contribution in [0, 0.1) is 0 Å². The lowest BCUT2D eigenvalue weighted by molar-refractivity contribution is -0.122. The highest BCUT2D eigenvalue weighted by Crippen LogP contribution is 2.10. The molecule has 1 fully saturated rings. The first-order chi connectivity index (χ1) is 8.66. The van der Waals surface area contributed by atoms with Gasteiger partial charge in [-0.25, -0.2) is 0 Å². The van der Waals surface area contributed by atoms with Crippen LogP contribution in [-0.2, 0) is 4.79 Å². The fourth-order valence-electron chi connectivity index (χ4n) is 1.87. The van der Waals surface area contributed by atoms with Crippen LogP contribution < -0.4 is 10.6 Å². The number of nitrogens with one attached hydrogen (secondary N) is 2. The molecule has 6 heteroatoms.